The molecule has 5 N–H and O–H groups in total. The summed E-state index contributed by atoms with van der Waals surface area (Å²) in [5, 5.41) is 17.4. The summed E-state index contributed by atoms with van der Waals surface area (Å²) in [4.78, 5) is 31.2. The van der Waals surface area contributed by atoms with Crippen molar-refractivity contribution < 1.29 is 9.59 Å². The summed E-state index contributed by atoms with van der Waals surface area (Å²) in [5.41, 5.74) is 8.22. The van der Waals surface area contributed by atoms with Crippen LogP contribution in [0.25, 0.3) is 0 Å². The summed E-state index contributed by atoms with van der Waals surface area (Å²) in [7, 11) is 1.53. The van der Waals surface area contributed by atoms with Crippen LogP contribution in [0.15, 0.2) is 40.5 Å². The number of nitrogens with zero attached hydrogens (tertiary/aromatic N) is 3. The first kappa shape index (κ1) is 20.9. The molecule has 1 heterocycles. The Labute approximate surface area is 174 Å². The number of likely N-dealkylation sites (tertiary alicyclic amines) is 1. The Morgan fingerprint density at radius 1 is 1.38 bits per heavy atom. The Morgan fingerprint density at radius 3 is 2.62 bits per heavy atom. The Kier molecular flexibility index (Phi) is 6.25. The quantitative estimate of drug-likeness (QED) is 0.467. The second kappa shape index (κ2) is 8.68. The number of aliphatic imine (C=N–C) groups is 1. The lowest BCUT2D eigenvalue weighted by Gasteiger charge is -2.32. The van der Waals surface area contributed by atoms with Crippen molar-refractivity contribution in [2.75, 3.05) is 20.1 Å². The van der Waals surface area contributed by atoms with Crippen LogP contribution in [0.1, 0.15) is 30.4 Å². The lowest BCUT2D eigenvalue weighted by Crippen LogP contribution is -2.47. The molecule has 1 aromatic rings. The first-order valence-corrected chi connectivity index (χ1v) is 10.2. The normalized spacial score (nSPS) is 20.9. The molecule has 0 unspecified atom stereocenters. The van der Waals surface area contributed by atoms with Gasteiger partial charge in [0.1, 0.15) is 11.4 Å². The first-order chi connectivity index (χ1) is 13.9. The highest BCUT2D eigenvalue weighted by Crippen LogP contribution is 2.46. The van der Waals surface area contributed by atoms with Gasteiger partial charge in [-0.2, -0.15) is 5.26 Å². The zero-order valence-corrected chi connectivity index (χ0v) is 17.1. The maximum absolute atomic E-state index is 12.9. The van der Waals surface area contributed by atoms with Crippen molar-refractivity contribution in [1.29, 1.82) is 5.26 Å². The number of carbonyl (C=O) groups excluding carboxylic acids is 2. The van der Waals surface area contributed by atoms with Gasteiger partial charge in [-0.05, 0) is 37.0 Å². The van der Waals surface area contributed by atoms with E-state index in [4.69, 9.17) is 16.1 Å². The summed E-state index contributed by atoms with van der Waals surface area (Å²) in [6, 6.07) is 8.96. The van der Waals surface area contributed by atoms with E-state index in [1.165, 1.54) is 19.0 Å². The molecule has 8 nitrogen and oxygen atoms in total. The average Bonchev–Trinajstić information content (AvgIpc) is 3.53. The molecule has 2 fully saturated rings. The molecule has 3 rings (SSSR count). The van der Waals surface area contributed by atoms with E-state index in [2.05, 4.69) is 10.3 Å². The zero-order chi connectivity index (χ0) is 21.0. The molecule has 0 bridgehead atoms. The lowest BCUT2D eigenvalue weighted by molar-refractivity contribution is -0.124. The summed E-state index contributed by atoms with van der Waals surface area (Å²) in [6.45, 7) is 1.34. The molecule has 2 aliphatic rings. The highest BCUT2D eigenvalue weighted by molar-refractivity contribution is 7.98. The fraction of sp³-hybridized carbons (Fsp3) is 0.400. The van der Waals surface area contributed by atoms with Gasteiger partial charge in [0.05, 0.1) is 11.6 Å². The van der Waals surface area contributed by atoms with E-state index in [0.717, 1.165) is 18.4 Å². The third-order valence-electron chi connectivity index (χ3n) is 5.27. The second-order valence-corrected chi connectivity index (χ2v) is 8.34. The van der Waals surface area contributed by atoms with Gasteiger partial charge in [-0.3, -0.25) is 19.7 Å². The highest BCUT2D eigenvalue weighted by Gasteiger charge is 2.46. The van der Waals surface area contributed by atoms with Gasteiger partial charge in [-0.15, -0.1) is 0 Å². The topological polar surface area (TPSA) is 138 Å². The van der Waals surface area contributed by atoms with Gasteiger partial charge < -0.3 is 16.0 Å². The monoisotopic (exact) mass is 412 g/mol. The Morgan fingerprint density at radius 2 is 2.07 bits per heavy atom. The molecule has 1 aliphatic heterocycles. The first-order valence-electron chi connectivity index (χ1n) is 9.33. The van der Waals surface area contributed by atoms with E-state index in [9.17, 15) is 9.59 Å². The van der Waals surface area contributed by atoms with E-state index in [1.807, 2.05) is 6.07 Å². The van der Waals surface area contributed by atoms with Gasteiger partial charge in [0.2, 0.25) is 0 Å². The van der Waals surface area contributed by atoms with Crippen molar-refractivity contribution >= 4 is 29.5 Å². The van der Waals surface area contributed by atoms with E-state index in [-0.39, 0.29) is 28.6 Å². The number of amides is 2. The highest BCUT2D eigenvalue weighted by atomic mass is 32.2. The van der Waals surface area contributed by atoms with Gasteiger partial charge in [0.25, 0.3) is 11.8 Å². The number of hydrogen-bond acceptors (Lipinski definition) is 7. The molecular formula is C20H24N6O2S. The molecule has 1 saturated heterocycles. The van der Waals surface area contributed by atoms with Crippen molar-refractivity contribution in [3.05, 3.63) is 46.7 Å². The molecular weight excluding hydrogens is 388 g/mol. The van der Waals surface area contributed by atoms with Gasteiger partial charge in [-0.25, -0.2) is 0 Å². The van der Waals surface area contributed by atoms with Crippen LogP contribution >= 0.6 is 11.9 Å². The van der Waals surface area contributed by atoms with Crippen molar-refractivity contribution in [1.82, 2.24) is 10.2 Å². The number of nitrogens with two attached hydrogens (primary N) is 2. The van der Waals surface area contributed by atoms with Crippen molar-refractivity contribution in [2.24, 2.45) is 15.9 Å². The standard InChI is InChI=1S/C20H24N6O2S/c1-24-17-15(6-9-26(19(17)28)12-20(29-23)7-8-20)16(22)18(27)25-11-14-4-2-13(10-21)3-5-14/h2-5H,6-9,11-12,22-23H2,1H3,(H,25,27)/b16-15-,24-17?. The van der Waals surface area contributed by atoms with Gasteiger partial charge in [0, 0.05) is 37.0 Å². The van der Waals surface area contributed by atoms with Crippen molar-refractivity contribution in [3.63, 3.8) is 0 Å². The van der Waals surface area contributed by atoms with E-state index >= 15 is 0 Å². The number of nitrogens with one attached hydrogen (secondary N) is 1. The van der Waals surface area contributed by atoms with Crippen LogP contribution < -0.4 is 16.2 Å². The van der Waals surface area contributed by atoms with Crippen LogP contribution in [0.5, 0.6) is 0 Å². The fourth-order valence-electron chi connectivity index (χ4n) is 3.30. The largest absolute Gasteiger partial charge is 0.394 e. The number of carbonyl (C=O) groups is 2. The molecule has 0 spiro atoms. The molecule has 0 radical (unpaired) electrons. The predicted molar refractivity (Wildman–Crippen MR) is 113 cm³/mol. The number of piperidine rings is 1. The molecule has 152 valence electrons. The van der Waals surface area contributed by atoms with Gasteiger partial charge in [0.15, 0.2) is 0 Å². The second-order valence-electron chi connectivity index (χ2n) is 7.23. The molecule has 0 atom stereocenters. The fourth-order valence-corrected chi connectivity index (χ4v) is 3.87. The smallest absolute Gasteiger partial charge is 0.272 e. The molecule has 1 aromatic carbocycles. The van der Waals surface area contributed by atoms with E-state index in [0.29, 0.717) is 30.6 Å². The molecule has 9 heteroatoms. The number of nitriles is 1. The maximum Gasteiger partial charge on any atom is 0.272 e. The third kappa shape index (κ3) is 4.60. The van der Waals surface area contributed by atoms with Crippen molar-refractivity contribution in [2.45, 2.75) is 30.6 Å². The van der Waals surface area contributed by atoms with Crippen LogP contribution in [0, 0.1) is 11.3 Å². The number of rotatable bonds is 6. The zero-order valence-electron chi connectivity index (χ0n) is 16.3. The molecule has 1 aliphatic carbocycles. The van der Waals surface area contributed by atoms with E-state index in [1.54, 1.807) is 29.2 Å². The molecule has 2 amide bonds. The number of hydrogen-bond donors (Lipinski definition) is 3. The van der Waals surface area contributed by atoms with Crippen LogP contribution in [-0.4, -0.2) is 47.3 Å². The van der Waals surface area contributed by atoms with Crippen LogP contribution in [0.4, 0.5) is 0 Å². The Hall–Kier alpha value is -2.83. The van der Waals surface area contributed by atoms with Crippen LogP contribution in [0.2, 0.25) is 0 Å². The van der Waals surface area contributed by atoms with E-state index < -0.39 is 5.91 Å². The minimum atomic E-state index is -0.442. The van der Waals surface area contributed by atoms with Gasteiger partial charge >= 0.3 is 0 Å². The third-order valence-corrected chi connectivity index (χ3v) is 6.31. The summed E-state index contributed by atoms with van der Waals surface area (Å²) in [5.74, 6) is -0.653. The SMILES string of the molecule is CN=C1C(=O)N(CC2(SN)CC2)CC/C1=C(/N)C(=O)NCc1ccc(C#N)cc1. The van der Waals surface area contributed by atoms with Crippen LogP contribution in [-0.2, 0) is 16.1 Å². The lowest BCUT2D eigenvalue weighted by atomic mass is 9.97. The Balaban J connectivity index is 1.67. The molecule has 29 heavy (non-hydrogen) atoms. The number of benzene rings is 1. The maximum atomic E-state index is 12.9. The molecule has 1 saturated carbocycles. The average molecular weight is 413 g/mol. The summed E-state index contributed by atoms with van der Waals surface area (Å²) in [6.07, 6.45) is 2.47. The predicted octanol–water partition coefficient (Wildman–Crippen LogP) is 0.830. The van der Waals surface area contributed by atoms with Gasteiger partial charge in [-0.1, -0.05) is 24.1 Å². The Bertz CT molecular complexity index is 912. The van der Waals surface area contributed by atoms with Crippen molar-refractivity contribution in [3.8, 4) is 6.07 Å². The minimum absolute atomic E-state index is 0.0154. The summed E-state index contributed by atoms with van der Waals surface area (Å²) >= 11 is 1.31. The van der Waals surface area contributed by atoms with Crippen LogP contribution in [0.3, 0.4) is 0 Å². The molecule has 0 aromatic heterocycles. The minimum Gasteiger partial charge on any atom is -0.394 e. The summed E-state index contributed by atoms with van der Waals surface area (Å²) < 4.78 is -0.0419.